The van der Waals surface area contributed by atoms with Gasteiger partial charge in [-0.3, -0.25) is 4.89 Å². The Labute approximate surface area is 104 Å². The fourth-order valence-corrected chi connectivity index (χ4v) is 1.29. The number of carbonyl (C=O) groups excluding carboxylic acids is 1. The minimum atomic E-state index is -0.460. The second-order valence-corrected chi connectivity index (χ2v) is 4.47. The van der Waals surface area contributed by atoms with E-state index in [1.54, 1.807) is 20.8 Å². The van der Waals surface area contributed by atoms with Crippen molar-refractivity contribution in [1.29, 1.82) is 0 Å². The van der Waals surface area contributed by atoms with Crippen LogP contribution in [0.2, 0.25) is 0 Å². The van der Waals surface area contributed by atoms with Crippen LogP contribution in [0.25, 0.3) is 0 Å². The first-order valence-corrected chi connectivity index (χ1v) is 6.12. The lowest BCUT2D eigenvalue weighted by Crippen LogP contribution is -2.15. The molecule has 0 saturated heterocycles. The molecule has 0 heterocycles. The van der Waals surface area contributed by atoms with Gasteiger partial charge in [0, 0.05) is 0 Å². The predicted octanol–water partition coefficient (Wildman–Crippen LogP) is 3.37. The molecule has 4 nitrogen and oxygen atoms in total. The Hall–Kier alpha value is -1.03. The molecule has 0 fully saturated rings. The highest BCUT2D eigenvalue weighted by Gasteiger charge is 2.17. The molecule has 0 unspecified atom stereocenters. The van der Waals surface area contributed by atoms with Gasteiger partial charge in [0.2, 0.25) is 0 Å². The molecule has 0 bridgehead atoms. The van der Waals surface area contributed by atoms with E-state index in [2.05, 4.69) is 0 Å². The van der Waals surface area contributed by atoms with E-state index in [0.717, 1.165) is 6.42 Å². The summed E-state index contributed by atoms with van der Waals surface area (Å²) in [5, 5.41) is 0. The van der Waals surface area contributed by atoms with Gasteiger partial charge in [0.25, 0.3) is 0 Å². The summed E-state index contributed by atoms with van der Waals surface area (Å²) < 4.78 is 5.52. The second kappa shape index (κ2) is 8.12. The van der Waals surface area contributed by atoms with Gasteiger partial charge in [0.1, 0.15) is 5.76 Å². The third-order valence-corrected chi connectivity index (χ3v) is 1.90. The first-order chi connectivity index (χ1) is 7.88. The van der Waals surface area contributed by atoms with Crippen LogP contribution in [-0.4, -0.2) is 18.2 Å². The third kappa shape index (κ3) is 7.00. The van der Waals surface area contributed by atoms with Gasteiger partial charge in [0.15, 0.2) is 0 Å². The topological polar surface area (TPSA) is 44.8 Å². The van der Waals surface area contributed by atoms with Crippen LogP contribution in [-0.2, 0) is 19.3 Å². The maximum Gasteiger partial charge on any atom is 0.372 e. The molecular formula is C13H24O4. The van der Waals surface area contributed by atoms with E-state index in [-0.39, 0.29) is 12.2 Å². The van der Waals surface area contributed by atoms with Crippen molar-refractivity contribution < 1.29 is 19.3 Å². The van der Waals surface area contributed by atoms with Crippen LogP contribution in [0.5, 0.6) is 0 Å². The van der Waals surface area contributed by atoms with Gasteiger partial charge in [-0.25, -0.2) is 4.79 Å². The maximum atomic E-state index is 11.8. The molecule has 0 aromatic carbocycles. The summed E-state index contributed by atoms with van der Waals surface area (Å²) in [6.45, 7) is 11.2. The summed E-state index contributed by atoms with van der Waals surface area (Å²) in [6.07, 6.45) is 1.37. The summed E-state index contributed by atoms with van der Waals surface area (Å²) in [5.41, 5.74) is 0.543. The van der Waals surface area contributed by atoms with E-state index < -0.39 is 5.97 Å². The van der Waals surface area contributed by atoms with E-state index in [9.17, 15) is 4.79 Å². The Morgan fingerprint density at radius 2 is 1.71 bits per heavy atom. The van der Waals surface area contributed by atoms with E-state index in [1.165, 1.54) is 0 Å². The van der Waals surface area contributed by atoms with Crippen LogP contribution in [0.15, 0.2) is 11.3 Å². The molecular weight excluding hydrogens is 220 g/mol. The molecule has 0 saturated carbocycles. The minimum Gasteiger partial charge on any atom is -0.495 e. The Kier molecular flexibility index (Phi) is 7.63. The van der Waals surface area contributed by atoms with Gasteiger partial charge < -0.3 is 4.74 Å². The largest absolute Gasteiger partial charge is 0.495 e. The smallest absolute Gasteiger partial charge is 0.372 e. The van der Waals surface area contributed by atoms with E-state index in [0.29, 0.717) is 17.8 Å². The standard InChI is InChI=1S/C13H24O4/c1-7-8-12(11(6)15-9(2)3)13(14)17-16-10(4)5/h9-10H,7-8H2,1-6H3. The average molecular weight is 244 g/mol. The molecule has 100 valence electrons. The minimum absolute atomic E-state index is 0.0423. The van der Waals surface area contributed by atoms with Gasteiger partial charge >= 0.3 is 5.97 Å². The summed E-state index contributed by atoms with van der Waals surface area (Å²) in [6, 6.07) is 0. The zero-order valence-electron chi connectivity index (χ0n) is 11.7. The Morgan fingerprint density at radius 1 is 1.12 bits per heavy atom. The van der Waals surface area contributed by atoms with Crippen molar-refractivity contribution >= 4 is 5.97 Å². The zero-order chi connectivity index (χ0) is 13.4. The third-order valence-electron chi connectivity index (χ3n) is 1.90. The molecule has 0 atom stereocenters. The number of hydrogen-bond acceptors (Lipinski definition) is 4. The van der Waals surface area contributed by atoms with Crippen molar-refractivity contribution in [3.05, 3.63) is 11.3 Å². The maximum absolute atomic E-state index is 11.8. The van der Waals surface area contributed by atoms with Gasteiger partial charge in [-0.15, -0.1) is 0 Å². The normalized spacial score (nSPS) is 12.7. The number of rotatable bonds is 7. The molecule has 0 aromatic heterocycles. The SMILES string of the molecule is CCCC(C(=O)OOC(C)C)=C(C)OC(C)C. The van der Waals surface area contributed by atoms with Gasteiger partial charge in [0.05, 0.1) is 17.8 Å². The average Bonchev–Trinajstić information content (AvgIpc) is 2.21. The van der Waals surface area contributed by atoms with Crippen molar-refractivity contribution in [3.8, 4) is 0 Å². The summed E-state index contributed by atoms with van der Waals surface area (Å²) in [4.78, 5) is 21.4. The highest BCUT2D eigenvalue weighted by atomic mass is 17.2. The molecule has 0 amide bonds. The van der Waals surface area contributed by atoms with Gasteiger partial charge in [-0.2, -0.15) is 4.89 Å². The molecule has 0 aromatic rings. The molecule has 4 heteroatoms. The number of hydrogen-bond donors (Lipinski definition) is 0. The monoisotopic (exact) mass is 244 g/mol. The first kappa shape index (κ1) is 16.0. The fourth-order valence-electron chi connectivity index (χ4n) is 1.29. The van der Waals surface area contributed by atoms with Crippen LogP contribution < -0.4 is 0 Å². The summed E-state index contributed by atoms with van der Waals surface area (Å²) in [5.74, 6) is 0.151. The van der Waals surface area contributed by atoms with E-state index in [1.807, 2.05) is 20.8 Å². The van der Waals surface area contributed by atoms with Crippen LogP contribution in [0, 0.1) is 0 Å². The Balaban J connectivity index is 4.64. The number of carbonyl (C=O) groups is 1. The first-order valence-electron chi connectivity index (χ1n) is 6.12. The van der Waals surface area contributed by atoms with Gasteiger partial charge in [-0.05, 0) is 41.0 Å². The highest BCUT2D eigenvalue weighted by molar-refractivity contribution is 5.88. The molecule has 0 radical (unpaired) electrons. The molecule has 0 aliphatic rings. The van der Waals surface area contributed by atoms with E-state index >= 15 is 0 Å². The van der Waals surface area contributed by atoms with Crippen LogP contribution in [0.4, 0.5) is 0 Å². The highest BCUT2D eigenvalue weighted by Crippen LogP contribution is 2.16. The van der Waals surface area contributed by atoms with Crippen LogP contribution >= 0.6 is 0 Å². The zero-order valence-corrected chi connectivity index (χ0v) is 11.7. The van der Waals surface area contributed by atoms with E-state index in [4.69, 9.17) is 14.5 Å². The van der Waals surface area contributed by atoms with Crippen molar-refractivity contribution in [3.63, 3.8) is 0 Å². The summed E-state index contributed by atoms with van der Waals surface area (Å²) >= 11 is 0. The summed E-state index contributed by atoms with van der Waals surface area (Å²) in [7, 11) is 0. The van der Waals surface area contributed by atoms with Crippen LogP contribution in [0.3, 0.4) is 0 Å². The lowest BCUT2D eigenvalue weighted by Gasteiger charge is -2.15. The molecule has 17 heavy (non-hydrogen) atoms. The molecule has 0 spiro atoms. The lowest BCUT2D eigenvalue weighted by atomic mass is 10.1. The molecule has 0 rings (SSSR count). The number of ether oxygens (including phenoxy) is 1. The lowest BCUT2D eigenvalue weighted by molar-refractivity contribution is -0.288. The van der Waals surface area contributed by atoms with Crippen LogP contribution in [0.1, 0.15) is 54.4 Å². The van der Waals surface area contributed by atoms with Crippen molar-refractivity contribution in [2.24, 2.45) is 0 Å². The Morgan fingerprint density at radius 3 is 2.12 bits per heavy atom. The predicted molar refractivity (Wildman–Crippen MR) is 66.1 cm³/mol. The number of allylic oxidation sites excluding steroid dienone is 1. The molecule has 0 aliphatic heterocycles. The van der Waals surface area contributed by atoms with Gasteiger partial charge in [-0.1, -0.05) is 13.3 Å². The second-order valence-electron chi connectivity index (χ2n) is 4.47. The van der Waals surface area contributed by atoms with Crippen molar-refractivity contribution in [2.45, 2.75) is 66.6 Å². The Bertz CT molecular complexity index is 267. The molecule has 0 aliphatic carbocycles. The molecule has 0 N–H and O–H groups in total. The quantitative estimate of drug-likeness (QED) is 0.298. The fraction of sp³-hybridized carbons (Fsp3) is 0.769. The van der Waals surface area contributed by atoms with Crippen molar-refractivity contribution in [2.75, 3.05) is 0 Å². The van der Waals surface area contributed by atoms with Crippen molar-refractivity contribution in [1.82, 2.24) is 0 Å².